The average Bonchev–Trinajstić information content (AvgIpc) is 3.25. The molecule has 26 heavy (non-hydrogen) atoms. The summed E-state index contributed by atoms with van der Waals surface area (Å²) in [5.41, 5.74) is 0. The molecule has 2 saturated heterocycles. The van der Waals surface area contributed by atoms with Gasteiger partial charge in [0, 0.05) is 45.2 Å². The maximum Gasteiger partial charge on any atom is 0.236 e. The third-order valence-corrected chi connectivity index (χ3v) is 7.53. The minimum Gasteiger partial charge on any atom is -0.340 e. The lowest BCUT2D eigenvalue weighted by Gasteiger charge is -2.38. The first-order valence-electron chi connectivity index (χ1n) is 10.9. The van der Waals surface area contributed by atoms with Gasteiger partial charge in [-0.2, -0.15) is 0 Å². The fourth-order valence-corrected chi connectivity index (χ4v) is 5.89. The molecule has 2 heterocycles. The number of hydrogen-bond donors (Lipinski definition) is 0. The van der Waals surface area contributed by atoms with Gasteiger partial charge < -0.3 is 9.80 Å². The number of likely N-dealkylation sites (tertiary alicyclic amines) is 1. The van der Waals surface area contributed by atoms with E-state index >= 15 is 0 Å². The Labute approximate surface area is 158 Å². The first-order valence-corrected chi connectivity index (χ1v) is 10.9. The van der Waals surface area contributed by atoms with Crippen LogP contribution in [0.2, 0.25) is 0 Å². The van der Waals surface area contributed by atoms with Crippen LogP contribution in [0.3, 0.4) is 0 Å². The number of nitrogens with zero attached hydrogens (tertiary/aromatic N) is 3. The zero-order valence-electron chi connectivity index (χ0n) is 16.4. The minimum absolute atomic E-state index is 0.277. The molecule has 4 atom stereocenters. The van der Waals surface area contributed by atoms with Crippen molar-refractivity contribution in [1.29, 1.82) is 0 Å². The summed E-state index contributed by atoms with van der Waals surface area (Å²) >= 11 is 0. The van der Waals surface area contributed by atoms with E-state index in [2.05, 4.69) is 21.6 Å². The molecule has 0 aromatic heterocycles. The van der Waals surface area contributed by atoms with E-state index in [1.165, 1.54) is 32.1 Å². The lowest BCUT2D eigenvalue weighted by atomic mass is 9.86. The summed E-state index contributed by atoms with van der Waals surface area (Å²) in [6, 6.07) is 0.390. The van der Waals surface area contributed by atoms with Crippen LogP contribution in [0.25, 0.3) is 0 Å². The van der Waals surface area contributed by atoms with Gasteiger partial charge in [-0.15, -0.1) is 0 Å². The largest absolute Gasteiger partial charge is 0.340 e. The Morgan fingerprint density at radius 3 is 2.35 bits per heavy atom. The highest BCUT2D eigenvalue weighted by Gasteiger charge is 2.40. The van der Waals surface area contributed by atoms with Crippen LogP contribution in [0, 0.1) is 17.8 Å². The Balaban J connectivity index is 1.20. The van der Waals surface area contributed by atoms with Crippen molar-refractivity contribution in [3.8, 4) is 0 Å². The van der Waals surface area contributed by atoms with E-state index in [0.717, 1.165) is 63.8 Å². The van der Waals surface area contributed by atoms with Gasteiger partial charge in [0.1, 0.15) is 0 Å². The Morgan fingerprint density at radius 1 is 0.885 bits per heavy atom. The molecule has 2 saturated carbocycles. The third kappa shape index (κ3) is 3.92. The number of carbonyl (C=O) groups excluding carboxylic acids is 2. The molecular formula is C21H35N3O2. The number of fused-ring (bicyclic) bond motifs is 2. The zero-order chi connectivity index (χ0) is 18.1. The molecule has 0 aromatic carbocycles. The van der Waals surface area contributed by atoms with Crippen LogP contribution >= 0.6 is 0 Å². The number of carbonyl (C=O) groups is 2. The number of piperidine rings is 1. The van der Waals surface area contributed by atoms with E-state index in [9.17, 15) is 9.59 Å². The van der Waals surface area contributed by atoms with Gasteiger partial charge in [0.25, 0.3) is 0 Å². The predicted molar refractivity (Wildman–Crippen MR) is 102 cm³/mol. The highest BCUT2D eigenvalue weighted by Crippen LogP contribution is 2.49. The molecule has 4 rings (SSSR count). The smallest absolute Gasteiger partial charge is 0.236 e. The van der Waals surface area contributed by atoms with Gasteiger partial charge in [-0.25, -0.2) is 0 Å². The summed E-state index contributed by atoms with van der Waals surface area (Å²) in [5.74, 6) is 3.03. The fourth-order valence-electron chi connectivity index (χ4n) is 5.89. The van der Waals surface area contributed by atoms with E-state index < -0.39 is 0 Å². The molecule has 0 radical (unpaired) electrons. The molecule has 2 aliphatic heterocycles. The molecule has 5 heteroatoms. The molecule has 5 nitrogen and oxygen atoms in total. The Bertz CT molecular complexity index is 529. The standard InChI is InChI=1S/C21H35N3O2/c1-16-4-2-3-7-24(16)21(26)15-22-8-10-23(11-9-22)20(25)14-19-13-17-5-6-18(19)12-17/h16-19H,2-15H2,1H3. The van der Waals surface area contributed by atoms with E-state index in [4.69, 9.17) is 0 Å². The van der Waals surface area contributed by atoms with Gasteiger partial charge in [0.2, 0.25) is 11.8 Å². The molecular weight excluding hydrogens is 326 g/mol. The highest BCUT2D eigenvalue weighted by molar-refractivity contribution is 5.79. The lowest BCUT2D eigenvalue weighted by Crippen LogP contribution is -2.53. The van der Waals surface area contributed by atoms with Crippen LogP contribution in [-0.2, 0) is 9.59 Å². The maximum atomic E-state index is 12.7. The monoisotopic (exact) mass is 361 g/mol. The number of hydrogen-bond acceptors (Lipinski definition) is 3. The van der Waals surface area contributed by atoms with Gasteiger partial charge in [-0.3, -0.25) is 14.5 Å². The van der Waals surface area contributed by atoms with Crippen molar-refractivity contribution in [2.24, 2.45) is 17.8 Å². The highest BCUT2D eigenvalue weighted by atomic mass is 16.2. The Morgan fingerprint density at radius 2 is 1.69 bits per heavy atom. The zero-order valence-corrected chi connectivity index (χ0v) is 16.4. The summed E-state index contributed by atoms with van der Waals surface area (Å²) in [4.78, 5) is 31.6. The second kappa shape index (κ2) is 7.87. The van der Waals surface area contributed by atoms with Crippen molar-refractivity contribution in [2.45, 2.75) is 64.3 Å². The van der Waals surface area contributed by atoms with Crippen LogP contribution in [-0.4, -0.2) is 71.8 Å². The number of rotatable bonds is 4. The van der Waals surface area contributed by atoms with Crippen LogP contribution in [0.4, 0.5) is 0 Å². The van der Waals surface area contributed by atoms with Gasteiger partial charge in [0.05, 0.1) is 6.54 Å². The maximum absolute atomic E-state index is 12.7. The van der Waals surface area contributed by atoms with Crippen molar-refractivity contribution < 1.29 is 9.59 Å². The SMILES string of the molecule is CC1CCCCN1C(=O)CN1CCN(C(=O)CC2CC3CCC2C3)CC1. The molecule has 4 unspecified atom stereocenters. The van der Waals surface area contributed by atoms with E-state index in [-0.39, 0.29) is 5.91 Å². The Kier molecular flexibility index (Phi) is 5.53. The molecule has 0 spiro atoms. The van der Waals surface area contributed by atoms with E-state index in [1.807, 2.05) is 0 Å². The van der Waals surface area contributed by atoms with Gasteiger partial charge in [-0.1, -0.05) is 6.42 Å². The van der Waals surface area contributed by atoms with E-state index in [1.54, 1.807) is 0 Å². The van der Waals surface area contributed by atoms with Gasteiger partial charge in [0.15, 0.2) is 0 Å². The first kappa shape index (κ1) is 18.3. The normalized spacial score (nSPS) is 35.1. The molecule has 2 bridgehead atoms. The second-order valence-corrected chi connectivity index (χ2v) is 9.23. The van der Waals surface area contributed by atoms with Crippen LogP contribution in [0.1, 0.15) is 58.3 Å². The average molecular weight is 362 g/mol. The third-order valence-electron chi connectivity index (χ3n) is 7.53. The molecule has 0 N–H and O–H groups in total. The molecule has 2 aliphatic carbocycles. The predicted octanol–water partition coefficient (Wildman–Crippen LogP) is 2.36. The van der Waals surface area contributed by atoms with Crippen LogP contribution < -0.4 is 0 Å². The Hall–Kier alpha value is -1.10. The van der Waals surface area contributed by atoms with Crippen LogP contribution in [0.5, 0.6) is 0 Å². The molecule has 4 fully saturated rings. The first-order chi connectivity index (χ1) is 12.6. The minimum atomic E-state index is 0.277. The van der Waals surface area contributed by atoms with Crippen molar-refractivity contribution >= 4 is 11.8 Å². The van der Waals surface area contributed by atoms with Crippen molar-refractivity contribution in [3.63, 3.8) is 0 Å². The molecule has 0 aromatic rings. The van der Waals surface area contributed by atoms with Crippen molar-refractivity contribution in [3.05, 3.63) is 0 Å². The molecule has 4 aliphatic rings. The van der Waals surface area contributed by atoms with Crippen molar-refractivity contribution in [2.75, 3.05) is 39.3 Å². The summed E-state index contributed by atoms with van der Waals surface area (Å²) in [6.07, 6.45) is 9.71. The second-order valence-electron chi connectivity index (χ2n) is 9.23. The molecule has 2 amide bonds. The number of piperazine rings is 1. The van der Waals surface area contributed by atoms with E-state index in [0.29, 0.717) is 24.4 Å². The summed E-state index contributed by atoms with van der Waals surface area (Å²) in [6.45, 7) is 6.89. The summed E-state index contributed by atoms with van der Waals surface area (Å²) in [5, 5.41) is 0. The number of amides is 2. The van der Waals surface area contributed by atoms with Gasteiger partial charge >= 0.3 is 0 Å². The lowest BCUT2D eigenvalue weighted by molar-refractivity contribution is -0.137. The quantitative estimate of drug-likeness (QED) is 0.772. The fraction of sp³-hybridized carbons (Fsp3) is 0.905. The summed E-state index contributed by atoms with van der Waals surface area (Å²) < 4.78 is 0. The van der Waals surface area contributed by atoms with Crippen LogP contribution in [0.15, 0.2) is 0 Å². The molecule has 146 valence electrons. The van der Waals surface area contributed by atoms with Crippen molar-refractivity contribution in [1.82, 2.24) is 14.7 Å². The summed E-state index contributed by atoms with van der Waals surface area (Å²) in [7, 11) is 0. The topological polar surface area (TPSA) is 43.9 Å². The van der Waals surface area contributed by atoms with Gasteiger partial charge in [-0.05, 0) is 63.2 Å².